The number of fused-ring (bicyclic) bond motifs is 1. The number of hydrogen-bond donors (Lipinski definition) is 1. The van der Waals surface area contributed by atoms with Gasteiger partial charge in [-0.15, -0.1) is 0 Å². The fourth-order valence-electron chi connectivity index (χ4n) is 2.30. The highest BCUT2D eigenvalue weighted by Crippen LogP contribution is 2.21. The predicted octanol–water partition coefficient (Wildman–Crippen LogP) is 2.17. The summed E-state index contributed by atoms with van der Waals surface area (Å²) in [5.41, 5.74) is 1.89. The highest BCUT2D eigenvalue weighted by molar-refractivity contribution is 5.98. The second-order valence-electron chi connectivity index (χ2n) is 5.75. The molecule has 1 aliphatic carbocycles. The third-order valence-corrected chi connectivity index (χ3v) is 3.83. The van der Waals surface area contributed by atoms with Crippen molar-refractivity contribution in [3.63, 3.8) is 0 Å². The van der Waals surface area contributed by atoms with Gasteiger partial charge in [-0.2, -0.15) is 0 Å². The molecule has 1 N–H and O–H groups in total. The zero-order valence-electron chi connectivity index (χ0n) is 11.9. The van der Waals surface area contributed by atoms with Crippen molar-refractivity contribution >= 4 is 11.7 Å². The minimum atomic E-state index is 0.000922. The summed E-state index contributed by atoms with van der Waals surface area (Å²) in [6, 6.07) is 0.166. The van der Waals surface area contributed by atoms with Crippen LogP contribution in [0.5, 0.6) is 0 Å². The highest BCUT2D eigenvalue weighted by Gasteiger charge is 2.20. The Morgan fingerprint density at radius 1 is 1.32 bits per heavy atom. The van der Waals surface area contributed by atoms with E-state index in [4.69, 9.17) is 0 Å². The summed E-state index contributed by atoms with van der Waals surface area (Å²) in [5, 5.41) is 2.97. The van der Waals surface area contributed by atoms with Gasteiger partial charge in [0.2, 0.25) is 5.91 Å². The second kappa shape index (κ2) is 5.59. The number of aryl methyl sites for hydroxylation is 1. The number of carbonyl (C=O) groups excluding carboxylic acids is 2. The van der Waals surface area contributed by atoms with Gasteiger partial charge in [-0.3, -0.25) is 9.59 Å². The van der Waals surface area contributed by atoms with Crippen LogP contribution in [0.2, 0.25) is 0 Å². The van der Waals surface area contributed by atoms with Gasteiger partial charge in [0.15, 0.2) is 5.78 Å². The van der Waals surface area contributed by atoms with Gasteiger partial charge in [0.25, 0.3) is 0 Å². The van der Waals surface area contributed by atoms with Crippen molar-refractivity contribution in [1.82, 2.24) is 9.88 Å². The van der Waals surface area contributed by atoms with Crippen molar-refractivity contribution in [1.29, 1.82) is 0 Å². The lowest BCUT2D eigenvalue weighted by Gasteiger charge is -2.17. The zero-order chi connectivity index (χ0) is 14.0. The molecule has 2 rings (SSSR count). The Labute approximate surface area is 114 Å². The Hall–Kier alpha value is -1.58. The largest absolute Gasteiger partial charge is 0.352 e. The molecule has 0 bridgehead atoms. The molecule has 1 aromatic rings. The molecule has 1 amide bonds. The maximum absolute atomic E-state index is 11.9. The summed E-state index contributed by atoms with van der Waals surface area (Å²) < 4.78 is 1.83. The van der Waals surface area contributed by atoms with Gasteiger partial charge in [0.05, 0.1) is 0 Å². The first-order chi connectivity index (χ1) is 8.97. The van der Waals surface area contributed by atoms with Crippen LogP contribution in [0, 0.1) is 5.92 Å². The number of amides is 1. The highest BCUT2D eigenvalue weighted by atomic mass is 16.2. The number of nitrogens with zero attached hydrogens (tertiary/aromatic N) is 1. The van der Waals surface area contributed by atoms with Crippen LogP contribution in [0.3, 0.4) is 0 Å². The standard InChI is InChI=1S/C15H22N2O2/c1-10(2)11(3)16-15(19)9-17-7-12-5-4-6-14(18)13(12)8-17/h7-8,10-11H,4-6,9H2,1-3H3,(H,16,19). The molecule has 0 fully saturated rings. The third-order valence-electron chi connectivity index (χ3n) is 3.83. The van der Waals surface area contributed by atoms with Gasteiger partial charge >= 0.3 is 0 Å². The third kappa shape index (κ3) is 3.25. The lowest BCUT2D eigenvalue weighted by molar-refractivity contribution is -0.122. The lowest BCUT2D eigenvalue weighted by atomic mass is 9.95. The van der Waals surface area contributed by atoms with E-state index in [1.54, 1.807) is 0 Å². The molecule has 4 nitrogen and oxygen atoms in total. The molecule has 0 radical (unpaired) electrons. The average molecular weight is 262 g/mol. The molecule has 0 aliphatic heterocycles. The molecule has 1 atom stereocenters. The van der Waals surface area contributed by atoms with Gasteiger partial charge < -0.3 is 9.88 Å². The van der Waals surface area contributed by atoms with Gasteiger partial charge in [-0.25, -0.2) is 0 Å². The average Bonchev–Trinajstić information content (AvgIpc) is 2.72. The monoisotopic (exact) mass is 262 g/mol. The van der Waals surface area contributed by atoms with Crippen LogP contribution in [0.15, 0.2) is 12.4 Å². The molecular formula is C15H22N2O2. The van der Waals surface area contributed by atoms with E-state index in [9.17, 15) is 9.59 Å². The fraction of sp³-hybridized carbons (Fsp3) is 0.600. The summed E-state index contributed by atoms with van der Waals surface area (Å²) >= 11 is 0. The van der Waals surface area contributed by atoms with Crippen molar-refractivity contribution in [3.8, 4) is 0 Å². The Balaban J connectivity index is 2.00. The van der Waals surface area contributed by atoms with E-state index in [-0.39, 0.29) is 24.3 Å². The molecule has 1 aliphatic rings. The molecular weight excluding hydrogens is 240 g/mol. The van der Waals surface area contributed by atoms with Crippen molar-refractivity contribution in [2.75, 3.05) is 0 Å². The molecule has 0 spiro atoms. The molecule has 104 valence electrons. The SMILES string of the molecule is CC(C)C(C)NC(=O)Cn1cc2c(c1)C(=O)CCC2. The zero-order valence-corrected chi connectivity index (χ0v) is 11.9. The quantitative estimate of drug-likeness (QED) is 0.904. The Bertz CT molecular complexity index is 488. The first-order valence-corrected chi connectivity index (χ1v) is 6.98. The van der Waals surface area contributed by atoms with Crippen LogP contribution in [0.4, 0.5) is 0 Å². The van der Waals surface area contributed by atoms with Crippen LogP contribution in [0.1, 0.15) is 49.5 Å². The summed E-state index contributed by atoms with van der Waals surface area (Å²) in [7, 11) is 0. The van der Waals surface area contributed by atoms with Crippen molar-refractivity contribution in [2.24, 2.45) is 5.92 Å². The van der Waals surface area contributed by atoms with E-state index in [1.165, 1.54) is 0 Å². The van der Waals surface area contributed by atoms with Gasteiger partial charge in [0, 0.05) is 30.4 Å². The van der Waals surface area contributed by atoms with Crippen molar-refractivity contribution < 1.29 is 9.59 Å². The lowest BCUT2D eigenvalue weighted by Crippen LogP contribution is -2.37. The number of nitrogens with one attached hydrogen (secondary N) is 1. The minimum absolute atomic E-state index is 0.000922. The van der Waals surface area contributed by atoms with E-state index < -0.39 is 0 Å². The number of aromatic nitrogens is 1. The maximum Gasteiger partial charge on any atom is 0.240 e. The first-order valence-electron chi connectivity index (χ1n) is 6.98. The van der Waals surface area contributed by atoms with Gasteiger partial charge in [-0.1, -0.05) is 13.8 Å². The summed E-state index contributed by atoms with van der Waals surface area (Å²) in [4.78, 5) is 23.6. The molecule has 1 aromatic heterocycles. The molecule has 1 heterocycles. The van der Waals surface area contributed by atoms with E-state index in [2.05, 4.69) is 19.2 Å². The summed E-state index contributed by atoms with van der Waals surface area (Å²) in [5.74, 6) is 0.625. The number of rotatable bonds is 4. The Morgan fingerprint density at radius 3 is 2.68 bits per heavy atom. The van der Waals surface area contributed by atoms with E-state index in [0.717, 1.165) is 24.0 Å². The predicted molar refractivity (Wildman–Crippen MR) is 74.1 cm³/mol. The van der Waals surface area contributed by atoms with E-state index in [0.29, 0.717) is 12.3 Å². The fourth-order valence-corrected chi connectivity index (χ4v) is 2.30. The normalized spacial score (nSPS) is 16.3. The maximum atomic E-state index is 11.9. The first kappa shape index (κ1) is 13.8. The number of carbonyl (C=O) groups is 2. The Morgan fingerprint density at radius 2 is 2.05 bits per heavy atom. The summed E-state index contributed by atoms with van der Waals surface area (Å²) in [6.45, 7) is 6.46. The molecule has 19 heavy (non-hydrogen) atoms. The van der Waals surface area contributed by atoms with Gasteiger partial charge in [-0.05, 0) is 31.2 Å². The van der Waals surface area contributed by atoms with Gasteiger partial charge in [0.1, 0.15) is 6.54 Å². The van der Waals surface area contributed by atoms with Crippen LogP contribution < -0.4 is 5.32 Å². The minimum Gasteiger partial charge on any atom is -0.352 e. The smallest absolute Gasteiger partial charge is 0.240 e. The van der Waals surface area contributed by atoms with E-state index in [1.807, 2.05) is 23.9 Å². The molecule has 4 heteroatoms. The molecule has 0 saturated heterocycles. The number of ketones is 1. The number of hydrogen-bond acceptors (Lipinski definition) is 2. The second-order valence-corrected chi connectivity index (χ2v) is 5.75. The molecule has 0 saturated carbocycles. The van der Waals surface area contributed by atoms with E-state index >= 15 is 0 Å². The van der Waals surface area contributed by atoms with Crippen LogP contribution in [0.25, 0.3) is 0 Å². The van der Waals surface area contributed by atoms with Crippen LogP contribution >= 0.6 is 0 Å². The van der Waals surface area contributed by atoms with Crippen molar-refractivity contribution in [3.05, 3.63) is 23.5 Å². The molecule has 0 aromatic carbocycles. The van der Waals surface area contributed by atoms with Crippen LogP contribution in [-0.4, -0.2) is 22.3 Å². The topological polar surface area (TPSA) is 51.1 Å². The molecule has 1 unspecified atom stereocenters. The summed E-state index contributed by atoms with van der Waals surface area (Å²) in [6.07, 6.45) is 6.25. The van der Waals surface area contributed by atoms with Crippen LogP contribution in [-0.2, 0) is 17.8 Å². The number of Topliss-reactive ketones (excluding diaryl/α,β-unsaturated/α-hetero) is 1. The van der Waals surface area contributed by atoms with Crippen molar-refractivity contribution in [2.45, 2.75) is 52.6 Å². The Kier molecular flexibility index (Phi) is 4.08.